The Labute approximate surface area is 162 Å². The van der Waals surface area contributed by atoms with Crippen molar-refractivity contribution in [3.63, 3.8) is 0 Å². The number of morpholine rings is 1. The first-order valence-corrected chi connectivity index (χ1v) is 10.1. The van der Waals surface area contributed by atoms with Gasteiger partial charge in [-0.2, -0.15) is 0 Å². The summed E-state index contributed by atoms with van der Waals surface area (Å²) in [6.07, 6.45) is 7.59. The van der Waals surface area contributed by atoms with Crippen molar-refractivity contribution in [2.24, 2.45) is 0 Å². The average Bonchev–Trinajstić information content (AvgIpc) is 3.20. The Morgan fingerprint density at radius 2 is 1.89 bits per heavy atom. The van der Waals surface area contributed by atoms with Gasteiger partial charge in [-0.15, -0.1) is 0 Å². The van der Waals surface area contributed by atoms with Crippen molar-refractivity contribution < 1.29 is 9.53 Å². The van der Waals surface area contributed by atoms with Gasteiger partial charge in [0.2, 0.25) is 0 Å². The number of carbonyl (C=O) groups is 1. The molecule has 7 heteroatoms. The van der Waals surface area contributed by atoms with Gasteiger partial charge in [0.05, 0.1) is 30.4 Å². The van der Waals surface area contributed by atoms with Crippen LogP contribution in [0.15, 0.2) is 29.2 Å². The van der Waals surface area contributed by atoms with Gasteiger partial charge in [-0.3, -0.25) is 14.0 Å². The van der Waals surface area contributed by atoms with Gasteiger partial charge in [-0.05, 0) is 31.0 Å². The monoisotopic (exact) mass is 380 g/mol. The third kappa shape index (κ3) is 2.90. The predicted molar refractivity (Wildman–Crippen MR) is 106 cm³/mol. The van der Waals surface area contributed by atoms with E-state index in [1.54, 1.807) is 17.2 Å². The highest BCUT2D eigenvalue weighted by Crippen LogP contribution is 2.33. The number of imidazole rings is 1. The molecule has 2 aliphatic rings. The molecule has 1 N–H and O–H groups in total. The number of ether oxygens (including phenoxy) is 1. The van der Waals surface area contributed by atoms with Gasteiger partial charge in [0, 0.05) is 24.6 Å². The molecule has 1 saturated carbocycles. The smallest absolute Gasteiger partial charge is 0.274 e. The normalized spacial score (nSPS) is 18.8. The summed E-state index contributed by atoms with van der Waals surface area (Å²) in [6, 6.07) is 5.57. The minimum Gasteiger partial charge on any atom is -0.378 e. The summed E-state index contributed by atoms with van der Waals surface area (Å²) in [5.41, 5.74) is 2.56. The summed E-state index contributed by atoms with van der Waals surface area (Å²) < 4.78 is 7.32. The third-order valence-electron chi connectivity index (χ3n) is 6.02. The first kappa shape index (κ1) is 17.4. The van der Waals surface area contributed by atoms with E-state index >= 15 is 0 Å². The lowest BCUT2D eigenvalue weighted by Crippen LogP contribution is -2.40. The highest BCUT2D eigenvalue weighted by molar-refractivity contribution is 5.97. The van der Waals surface area contributed by atoms with Crippen molar-refractivity contribution in [1.29, 1.82) is 0 Å². The van der Waals surface area contributed by atoms with Gasteiger partial charge in [-0.25, -0.2) is 4.98 Å². The highest BCUT2D eigenvalue weighted by Gasteiger charge is 2.23. The molecule has 28 heavy (non-hydrogen) atoms. The maximum absolute atomic E-state index is 12.8. The van der Waals surface area contributed by atoms with Crippen LogP contribution in [0.5, 0.6) is 0 Å². The number of H-pyrrole nitrogens is 1. The van der Waals surface area contributed by atoms with Crippen LogP contribution >= 0.6 is 0 Å². The van der Waals surface area contributed by atoms with Crippen molar-refractivity contribution >= 4 is 22.5 Å². The molecule has 0 radical (unpaired) electrons. The summed E-state index contributed by atoms with van der Waals surface area (Å²) >= 11 is 0. The Kier molecular flexibility index (Phi) is 4.39. The van der Waals surface area contributed by atoms with E-state index in [1.165, 1.54) is 19.3 Å². The molecule has 2 fully saturated rings. The van der Waals surface area contributed by atoms with E-state index in [4.69, 9.17) is 4.74 Å². The zero-order chi connectivity index (χ0) is 19.1. The summed E-state index contributed by atoms with van der Waals surface area (Å²) in [5, 5.41) is 0. The van der Waals surface area contributed by atoms with Crippen molar-refractivity contribution in [3.05, 3.63) is 46.1 Å². The van der Waals surface area contributed by atoms with Gasteiger partial charge in [0.1, 0.15) is 11.3 Å². The van der Waals surface area contributed by atoms with Crippen LogP contribution < -0.4 is 5.56 Å². The van der Waals surface area contributed by atoms with Gasteiger partial charge in [-0.1, -0.05) is 19.3 Å². The van der Waals surface area contributed by atoms with Crippen molar-refractivity contribution in [3.8, 4) is 0 Å². The number of fused-ring (bicyclic) bond motifs is 3. The van der Waals surface area contributed by atoms with E-state index in [0.29, 0.717) is 48.8 Å². The molecule has 7 nitrogen and oxygen atoms in total. The molecule has 0 atom stereocenters. The van der Waals surface area contributed by atoms with Crippen LogP contribution in [0.25, 0.3) is 16.6 Å². The van der Waals surface area contributed by atoms with E-state index in [2.05, 4.69) is 9.97 Å². The fourth-order valence-electron chi connectivity index (χ4n) is 4.53. The number of rotatable bonds is 2. The van der Waals surface area contributed by atoms with Crippen LogP contribution in [0.3, 0.4) is 0 Å². The molecule has 0 unspecified atom stereocenters. The quantitative estimate of drug-likeness (QED) is 0.741. The van der Waals surface area contributed by atoms with E-state index in [9.17, 15) is 9.59 Å². The maximum atomic E-state index is 12.8. The van der Waals surface area contributed by atoms with Crippen molar-refractivity contribution in [2.45, 2.75) is 38.0 Å². The average molecular weight is 380 g/mol. The van der Waals surface area contributed by atoms with Crippen LogP contribution in [0.4, 0.5) is 0 Å². The van der Waals surface area contributed by atoms with Crippen molar-refractivity contribution in [1.82, 2.24) is 19.3 Å². The lowest BCUT2D eigenvalue weighted by molar-refractivity contribution is 0.0303. The Bertz CT molecular complexity index is 1090. The first-order chi connectivity index (χ1) is 13.7. The highest BCUT2D eigenvalue weighted by atomic mass is 16.5. The molecule has 1 aliphatic heterocycles. The molecule has 146 valence electrons. The van der Waals surface area contributed by atoms with E-state index in [0.717, 1.165) is 24.2 Å². The molecule has 1 aromatic carbocycles. The second kappa shape index (κ2) is 7.05. The number of nitrogens with one attached hydrogen (secondary N) is 1. The number of aromatic amines is 1. The largest absolute Gasteiger partial charge is 0.378 e. The molecular weight excluding hydrogens is 356 g/mol. The van der Waals surface area contributed by atoms with Gasteiger partial charge >= 0.3 is 0 Å². The topological polar surface area (TPSA) is 79.7 Å². The van der Waals surface area contributed by atoms with E-state index < -0.39 is 0 Å². The zero-order valence-corrected chi connectivity index (χ0v) is 15.8. The Morgan fingerprint density at radius 1 is 1.11 bits per heavy atom. The van der Waals surface area contributed by atoms with E-state index in [-0.39, 0.29) is 11.5 Å². The van der Waals surface area contributed by atoms with Crippen LogP contribution in [0.1, 0.15) is 54.2 Å². The van der Waals surface area contributed by atoms with Gasteiger partial charge in [0.15, 0.2) is 0 Å². The molecule has 3 heterocycles. The van der Waals surface area contributed by atoms with Crippen LogP contribution in [0.2, 0.25) is 0 Å². The van der Waals surface area contributed by atoms with Crippen molar-refractivity contribution in [2.75, 3.05) is 26.3 Å². The number of hydrogen-bond donors (Lipinski definition) is 1. The maximum Gasteiger partial charge on any atom is 0.274 e. The fraction of sp³-hybridized carbons (Fsp3) is 0.476. The minimum atomic E-state index is -0.168. The van der Waals surface area contributed by atoms with Crippen LogP contribution in [-0.2, 0) is 4.74 Å². The summed E-state index contributed by atoms with van der Waals surface area (Å²) in [7, 11) is 0. The molecule has 1 aliphatic carbocycles. The number of amides is 1. The number of carbonyl (C=O) groups excluding carboxylic acids is 1. The van der Waals surface area contributed by atoms with E-state index in [1.807, 2.05) is 16.5 Å². The molecular formula is C21H24N4O3. The standard InChI is InChI=1S/C21H24N4O3/c26-20-18-13-22-19(14-4-2-1-3-5-14)25(18)17-7-6-15(12-16(17)23-20)21(27)24-8-10-28-11-9-24/h6-7,12-14H,1-5,8-11H2,(H,23,26). The molecule has 3 aromatic rings. The molecule has 0 bridgehead atoms. The molecule has 0 spiro atoms. The SMILES string of the molecule is O=C(c1ccc2c(c1)[nH]c(=O)c1cnc(C3CCCCC3)n12)N1CCOCC1. The third-order valence-corrected chi connectivity index (χ3v) is 6.02. The van der Waals surface area contributed by atoms with Crippen LogP contribution in [0, 0.1) is 0 Å². The Morgan fingerprint density at radius 3 is 2.68 bits per heavy atom. The Hall–Kier alpha value is -2.67. The second-order valence-corrected chi connectivity index (χ2v) is 7.76. The Balaban J connectivity index is 1.61. The zero-order valence-electron chi connectivity index (χ0n) is 15.8. The summed E-state index contributed by atoms with van der Waals surface area (Å²) in [5.74, 6) is 1.33. The van der Waals surface area contributed by atoms with Gasteiger partial charge in [0.25, 0.3) is 11.5 Å². The predicted octanol–water partition coefficient (Wildman–Crippen LogP) is 2.70. The second-order valence-electron chi connectivity index (χ2n) is 7.76. The molecule has 2 aromatic heterocycles. The lowest BCUT2D eigenvalue weighted by atomic mass is 9.89. The summed E-state index contributed by atoms with van der Waals surface area (Å²) in [6.45, 7) is 2.33. The number of nitrogens with zero attached hydrogens (tertiary/aromatic N) is 3. The number of benzene rings is 1. The minimum absolute atomic E-state index is 0.0238. The fourth-order valence-corrected chi connectivity index (χ4v) is 4.53. The molecule has 1 saturated heterocycles. The van der Waals surface area contributed by atoms with Crippen LogP contribution in [-0.4, -0.2) is 51.5 Å². The lowest BCUT2D eigenvalue weighted by Gasteiger charge is -2.27. The summed E-state index contributed by atoms with van der Waals surface area (Å²) in [4.78, 5) is 34.8. The first-order valence-electron chi connectivity index (χ1n) is 10.1. The number of aromatic nitrogens is 3. The number of hydrogen-bond acceptors (Lipinski definition) is 4. The molecule has 5 rings (SSSR count). The molecule has 1 amide bonds. The van der Waals surface area contributed by atoms with Gasteiger partial charge < -0.3 is 14.6 Å².